The molecule has 1 aliphatic rings. The van der Waals surface area contributed by atoms with Crippen LogP contribution in [0, 0.1) is 0 Å². The molecule has 1 saturated heterocycles. The Kier molecular flexibility index (Phi) is 5.07. The largest absolute Gasteiger partial charge is 0.379 e. The smallest absolute Gasteiger partial charge is 0.143 e. The van der Waals surface area contributed by atoms with Gasteiger partial charge in [-0.3, -0.25) is 14.6 Å². The quantitative estimate of drug-likeness (QED) is 0.617. The molecular weight excluding hydrogens is 180 g/mol. The Labute approximate surface area is 85.8 Å². The van der Waals surface area contributed by atoms with Crippen LogP contribution in [0.4, 0.5) is 0 Å². The molecular formula is C10H20N2O2. The maximum absolute atomic E-state index is 10.8. The maximum atomic E-state index is 10.8. The molecule has 0 aromatic carbocycles. The molecule has 1 aliphatic heterocycles. The molecule has 1 fully saturated rings. The van der Waals surface area contributed by atoms with Gasteiger partial charge in [0.25, 0.3) is 0 Å². The minimum atomic E-state index is 0.231. The van der Waals surface area contributed by atoms with E-state index in [1.165, 1.54) is 0 Å². The molecule has 0 aromatic heterocycles. The first kappa shape index (κ1) is 11.6. The monoisotopic (exact) mass is 200 g/mol. The zero-order chi connectivity index (χ0) is 10.4. The van der Waals surface area contributed by atoms with Crippen LogP contribution in [-0.4, -0.2) is 68.6 Å². The van der Waals surface area contributed by atoms with Crippen LogP contribution in [0.5, 0.6) is 0 Å². The van der Waals surface area contributed by atoms with Gasteiger partial charge < -0.3 is 4.74 Å². The number of Topliss-reactive ketones (excluding diaryl/α,β-unsaturated/α-hetero) is 1. The Bertz CT molecular complexity index is 179. The number of nitrogens with zero attached hydrogens (tertiary/aromatic N) is 2. The first-order chi connectivity index (χ1) is 6.68. The lowest BCUT2D eigenvalue weighted by Crippen LogP contribution is -2.41. The van der Waals surface area contributed by atoms with E-state index in [9.17, 15) is 4.79 Å². The second kappa shape index (κ2) is 6.11. The van der Waals surface area contributed by atoms with Crippen LogP contribution < -0.4 is 0 Å². The predicted molar refractivity (Wildman–Crippen MR) is 55.4 cm³/mol. The minimum absolute atomic E-state index is 0.231. The third-order valence-electron chi connectivity index (χ3n) is 2.39. The summed E-state index contributed by atoms with van der Waals surface area (Å²) in [5, 5.41) is 0. The number of likely N-dealkylation sites (N-methyl/N-ethyl adjacent to an activating group) is 1. The van der Waals surface area contributed by atoms with Gasteiger partial charge in [0, 0.05) is 26.2 Å². The van der Waals surface area contributed by atoms with E-state index < -0.39 is 0 Å². The first-order valence-corrected chi connectivity index (χ1v) is 5.16. The Morgan fingerprint density at radius 1 is 1.43 bits per heavy atom. The fourth-order valence-corrected chi connectivity index (χ4v) is 1.60. The van der Waals surface area contributed by atoms with Crippen molar-refractivity contribution in [3.8, 4) is 0 Å². The van der Waals surface area contributed by atoms with E-state index in [0.29, 0.717) is 6.54 Å². The Morgan fingerprint density at radius 3 is 2.64 bits per heavy atom. The summed E-state index contributed by atoms with van der Waals surface area (Å²) in [4.78, 5) is 15.3. The lowest BCUT2D eigenvalue weighted by molar-refractivity contribution is -0.117. The molecule has 82 valence electrons. The van der Waals surface area contributed by atoms with Crippen LogP contribution in [0.2, 0.25) is 0 Å². The predicted octanol–water partition coefficient (Wildman–Crippen LogP) is -0.161. The second-order valence-electron chi connectivity index (χ2n) is 3.89. The van der Waals surface area contributed by atoms with Gasteiger partial charge in [0.05, 0.1) is 19.8 Å². The van der Waals surface area contributed by atoms with Gasteiger partial charge in [-0.25, -0.2) is 0 Å². The van der Waals surface area contributed by atoms with E-state index >= 15 is 0 Å². The number of ether oxygens (including phenoxy) is 1. The van der Waals surface area contributed by atoms with Crippen molar-refractivity contribution >= 4 is 5.78 Å². The van der Waals surface area contributed by atoms with Crippen molar-refractivity contribution in [2.24, 2.45) is 0 Å². The van der Waals surface area contributed by atoms with Crippen LogP contribution in [0.3, 0.4) is 0 Å². The lowest BCUT2D eigenvalue weighted by atomic mass is 10.3. The highest BCUT2D eigenvalue weighted by molar-refractivity contribution is 5.77. The van der Waals surface area contributed by atoms with Gasteiger partial charge in [-0.2, -0.15) is 0 Å². The molecule has 0 N–H and O–H groups in total. The number of carbonyl (C=O) groups excluding carboxylic acids is 1. The lowest BCUT2D eigenvalue weighted by Gasteiger charge is -2.28. The van der Waals surface area contributed by atoms with E-state index in [1.54, 1.807) is 6.92 Å². The Hall–Kier alpha value is -0.450. The SMILES string of the molecule is CC(=O)CN(C)CCN1CCOCC1. The standard InChI is InChI=1S/C10H20N2O2/c1-10(13)9-11(2)3-4-12-5-7-14-8-6-12/h3-9H2,1-2H3. The van der Waals surface area contributed by atoms with Gasteiger partial charge in [0.15, 0.2) is 0 Å². The summed E-state index contributed by atoms with van der Waals surface area (Å²) in [7, 11) is 1.99. The van der Waals surface area contributed by atoms with Crippen LogP contribution in [0.15, 0.2) is 0 Å². The van der Waals surface area contributed by atoms with Crippen LogP contribution in [0.1, 0.15) is 6.92 Å². The van der Waals surface area contributed by atoms with Crippen molar-refractivity contribution in [3.63, 3.8) is 0 Å². The number of hydrogen-bond acceptors (Lipinski definition) is 4. The van der Waals surface area contributed by atoms with E-state index in [4.69, 9.17) is 4.74 Å². The zero-order valence-electron chi connectivity index (χ0n) is 9.16. The van der Waals surface area contributed by atoms with Gasteiger partial charge in [-0.1, -0.05) is 0 Å². The second-order valence-corrected chi connectivity index (χ2v) is 3.89. The summed E-state index contributed by atoms with van der Waals surface area (Å²) >= 11 is 0. The summed E-state index contributed by atoms with van der Waals surface area (Å²) < 4.78 is 5.26. The molecule has 0 aromatic rings. The molecule has 4 nitrogen and oxygen atoms in total. The van der Waals surface area contributed by atoms with Gasteiger partial charge in [-0.05, 0) is 14.0 Å². The van der Waals surface area contributed by atoms with E-state index in [2.05, 4.69) is 9.80 Å². The number of carbonyl (C=O) groups is 1. The first-order valence-electron chi connectivity index (χ1n) is 5.16. The highest BCUT2D eigenvalue weighted by atomic mass is 16.5. The van der Waals surface area contributed by atoms with E-state index in [-0.39, 0.29) is 5.78 Å². The van der Waals surface area contributed by atoms with Crippen molar-refractivity contribution in [2.75, 3.05) is 53.0 Å². The molecule has 0 aliphatic carbocycles. The van der Waals surface area contributed by atoms with Gasteiger partial charge in [-0.15, -0.1) is 0 Å². The molecule has 4 heteroatoms. The zero-order valence-corrected chi connectivity index (χ0v) is 9.16. The molecule has 0 atom stereocenters. The third-order valence-corrected chi connectivity index (χ3v) is 2.39. The van der Waals surface area contributed by atoms with Crippen molar-refractivity contribution in [3.05, 3.63) is 0 Å². The third kappa shape index (κ3) is 4.69. The van der Waals surface area contributed by atoms with Crippen molar-refractivity contribution in [1.29, 1.82) is 0 Å². The van der Waals surface area contributed by atoms with E-state index in [0.717, 1.165) is 39.4 Å². The molecule has 0 bridgehead atoms. The molecule has 14 heavy (non-hydrogen) atoms. The number of morpholine rings is 1. The average molecular weight is 200 g/mol. The van der Waals surface area contributed by atoms with Crippen LogP contribution in [0.25, 0.3) is 0 Å². The summed E-state index contributed by atoms with van der Waals surface area (Å²) in [6, 6.07) is 0. The molecule has 1 heterocycles. The summed E-state index contributed by atoms with van der Waals surface area (Å²) in [5.74, 6) is 0.231. The topological polar surface area (TPSA) is 32.8 Å². The fourth-order valence-electron chi connectivity index (χ4n) is 1.60. The Morgan fingerprint density at radius 2 is 2.07 bits per heavy atom. The van der Waals surface area contributed by atoms with Crippen LogP contribution >= 0.6 is 0 Å². The van der Waals surface area contributed by atoms with Crippen molar-refractivity contribution in [1.82, 2.24) is 9.80 Å². The highest BCUT2D eigenvalue weighted by Gasteiger charge is 2.10. The van der Waals surface area contributed by atoms with Gasteiger partial charge >= 0.3 is 0 Å². The molecule has 0 saturated carbocycles. The molecule has 0 spiro atoms. The normalized spacial score (nSPS) is 18.8. The average Bonchev–Trinajstić information content (AvgIpc) is 2.15. The number of hydrogen-bond donors (Lipinski definition) is 0. The molecule has 1 rings (SSSR count). The van der Waals surface area contributed by atoms with Crippen LogP contribution in [-0.2, 0) is 9.53 Å². The molecule has 0 amide bonds. The van der Waals surface area contributed by atoms with Crippen molar-refractivity contribution in [2.45, 2.75) is 6.92 Å². The van der Waals surface area contributed by atoms with Gasteiger partial charge in [0.2, 0.25) is 0 Å². The summed E-state index contributed by atoms with van der Waals surface area (Å²) in [5.41, 5.74) is 0. The summed E-state index contributed by atoms with van der Waals surface area (Å²) in [6.07, 6.45) is 0. The van der Waals surface area contributed by atoms with Crippen molar-refractivity contribution < 1.29 is 9.53 Å². The number of rotatable bonds is 5. The van der Waals surface area contributed by atoms with E-state index in [1.807, 2.05) is 7.05 Å². The molecule has 0 radical (unpaired) electrons. The summed E-state index contributed by atoms with van der Waals surface area (Å²) in [6.45, 7) is 7.91. The number of ketones is 1. The fraction of sp³-hybridized carbons (Fsp3) is 0.900. The maximum Gasteiger partial charge on any atom is 0.143 e. The molecule has 0 unspecified atom stereocenters. The van der Waals surface area contributed by atoms with Gasteiger partial charge in [0.1, 0.15) is 5.78 Å². The highest BCUT2D eigenvalue weighted by Crippen LogP contribution is 1.96. The Balaban J connectivity index is 2.09. The minimum Gasteiger partial charge on any atom is -0.379 e.